The second-order valence-electron chi connectivity index (χ2n) is 6.43. The third kappa shape index (κ3) is 5.78. The number of halogens is 1. The maximum absolute atomic E-state index is 13.0. The highest BCUT2D eigenvalue weighted by Gasteiger charge is 2.15. The fourth-order valence-corrected chi connectivity index (χ4v) is 2.92. The lowest BCUT2D eigenvalue weighted by molar-refractivity contribution is -0.114. The second kappa shape index (κ2) is 10.4. The van der Waals surface area contributed by atoms with Crippen LogP contribution in [0.5, 0.6) is 0 Å². The Balaban J connectivity index is 1.85. The van der Waals surface area contributed by atoms with Gasteiger partial charge in [0.1, 0.15) is 0 Å². The van der Waals surface area contributed by atoms with Gasteiger partial charge >= 0.3 is 5.97 Å². The molecule has 0 unspecified atom stereocenters. The van der Waals surface area contributed by atoms with E-state index in [-0.39, 0.29) is 5.91 Å². The molecule has 2 aromatic carbocycles. The monoisotopic (exact) mass is 420 g/mol. The van der Waals surface area contributed by atoms with Gasteiger partial charge < -0.3 is 9.64 Å². The summed E-state index contributed by atoms with van der Waals surface area (Å²) in [4.78, 5) is 30.6. The molecular formula is C24H21ClN2O3. The quantitative estimate of drug-likeness (QED) is 0.391. The molecule has 3 aromatic rings. The molecule has 0 aliphatic carbocycles. The van der Waals surface area contributed by atoms with Gasteiger partial charge in [0, 0.05) is 29.2 Å². The van der Waals surface area contributed by atoms with Crippen molar-refractivity contribution in [3.63, 3.8) is 0 Å². The Bertz CT molecular complexity index is 1020. The topological polar surface area (TPSA) is 59.5 Å². The van der Waals surface area contributed by atoms with Gasteiger partial charge in [0.15, 0.2) is 0 Å². The van der Waals surface area contributed by atoms with Crippen LogP contribution in [-0.4, -0.2) is 23.5 Å². The Hall–Kier alpha value is -3.44. The zero-order chi connectivity index (χ0) is 21.3. The van der Waals surface area contributed by atoms with Crippen LogP contribution in [0.1, 0.15) is 28.4 Å². The zero-order valence-electron chi connectivity index (χ0n) is 16.5. The molecular weight excluding hydrogens is 400 g/mol. The highest BCUT2D eigenvalue weighted by molar-refractivity contribution is 6.30. The van der Waals surface area contributed by atoms with Crippen LogP contribution in [0.2, 0.25) is 5.02 Å². The Labute approximate surface area is 180 Å². The van der Waals surface area contributed by atoms with Crippen LogP contribution < -0.4 is 4.90 Å². The van der Waals surface area contributed by atoms with Crippen molar-refractivity contribution in [2.75, 3.05) is 11.5 Å². The summed E-state index contributed by atoms with van der Waals surface area (Å²) in [5.41, 5.74) is 2.92. The summed E-state index contributed by atoms with van der Waals surface area (Å²) < 4.78 is 5.02. The number of anilines is 1. The number of carbonyl (C=O) groups excluding carboxylic acids is 2. The van der Waals surface area contributed by atoms with E-state index in [1.807, 2.05) is 24.3 Å². The van der Waals surface area contributed by atoms with Gasteiger partial charge in [-0.25, -0.2) is 4.79 Å². The predicted molar refractivity (Wildman–Crippen MR) is 118 cm³/mol. The van der Waals surface area contributed by atoms with Gasteiger partial charge in [0.25, 0.3) is 5.91 Å². The number of benzene rings is 2. The molecule has 0 atom stereocenters. The summed E-state index contributed by atoms with van der Waals surface area (Å²) in [6.45, 7) is 2.43. The van der Waals surface area contributed by atoms with E-state index in [0.717, 1.165) is 11.1 Å². The van der Waals surface area contributed by atoms with Gasteiger partial charge in [0.2, 0.25) is 0 Å². The van der Waals surface area contributed by atoms with E-state index in [0.29, 0.717) is 29.4 Å². The zero-order valence-corrected chi connectivity index (χ0v) is 17.3. The summed E-state index contributed by atoms with van der Waals surface area (Å²) in [7, 11) is 0. The molecule has 3 rings (SSSR count). The minimum absolute atomic E-state index is 0.189. The van der Waals surface area contributed by atoms with E-state index in [2.05, 4.69) is 4.98 Å². The van der Waals surface area contributed by atoms with Crippen LogP contribution in [-0.2, 0) is 16.1 Å². The molecule has 0 N–H and O–H groups in total. The van der Waals surface area contributed by atoms with Crippen molar-refractivity contribution in [3.8, 4) is 0 Å². The number of pyridine rings is 1. The minimum Gasteiger partial charge on any atom is -0.462 e. The van der Waals surface area contributed by atoms with Crippen molar-refractivity contribution in [1.82, 2.24) is 4.98 Å². The normalized spacial score (nSPS) is 10.7. The first-order valence-corrected chi connectivity index (χ1v) is 9.86. The van der Waals surface area contributed by atoms with Gasteiger partial charge in [-0.15, -0.1) is 0 Å². The summed E-state index contributed by atoms with van der Waals surface area (Å²) in [5.74, 6) is -0.579. The fourth-order valence-electron chi connectivity index (χ4n) is 2.79. The van der Waals surface area contributed by atoms with Crippen molar-refractivity contribution in [2.24, 2.45) is 0 Å². The molecule has 1 amide bonds. The summed E-state index contributed by atoms with van der Waals surface area (Å²) in [6.07, 6.45) is 6.63. The van der Waals surface area contributed by atoms with Gasteiger partial charge in [-0.05, 0) is 72.7 Å². The van der Waals surface area contributed by atoms with Gasteiger partial charge in [-0.2, -0.15) is 0 Å². The van der Waals surface area contributed by atoms with E-state index in [4.69, 9.17) is 16.3 Å². The van der Waals surface area contributed by atoms with Crippen LogP contribution in [0, 0.1) is 0 Å². The highest BCUT2D eigenvalue weighted by Crippen LogP contribution is 2.20. The second-order valence-corrected chi connectivity index (χ2v) is 6.87. The smallest absolute Gasteiger partial charge is 0.338 e. The summed E-state index contributed by atoms with van der Waals surface area (Å²) >= 11 is 5.91. The number of nitrogens with zero attached hydrogens (tertiary/aromatic N) is 2. The molecule has 152 valence electrons. The van der Waals surface area contributed by atoms with E-state index in [1.54, 1.807) is 66.7 Å². The van der Waals surface area contributed by atoms with Gasteiger partial charge in [0.05, 0.1) is 18.7 Å². The minimum atomic E-state index is -0.390. The molecule has 30 heavy (non-hydrogen) atoms. The largest absolute Gasteiger partial charge is 0.462 e. The average Bonchev–Trinajstić information content (AvgIpc) is 2.78. The Morgan fingerprint density at radius 3 is 2.30 bits per heavy atom. The number of hydrogen-bond acceptors (Lipinski definition) is 4. The van der Waals surface area contributed by atoms with Crippen LogP contribution in [0.3, 0.4) is 0 Å². The molecule has 0 aliphatic rings. The Morgan fingerprint density at radius 2 is 1.67 bits per heavy atom. The number of esters is 1. The predicted octanol–water partition coefficient (Wildman–Crippen LogP) is 5.16. The molecule has 1 heterocycles. The first-order valence-electron chi connectivity index (χ1n) is 9.48. The summed E-state index contributed by atoms with van der Waals surface area (Å²) in [6, 6.07) is 17.7. The van der Waals surface area contributed by atoms with E-state index in [9.17, 15) is 9.59 Å². The molecule has 0 saturated carbocycles. The third-order valence-corrected chi connectivity index (χ3v) is 4.59. The molecule has 0 saturated heterocycles. The molecule has 0 fully saturated rings. The number of ether oxygens (including phenoxy) is 1. The molecule has 0 aliphatic heterocycles. The van der Waals surface area contributed by atoms with Gasteiger partial charge in [-0.1, -0.05) is 23.7 Å². The SMILES string of the molecule is CCOC(=O)c1ccc(N(Cc2ccncc2)C(=O)/C=C/c2ccc(Cl)cc2)cc1. The van der Waals surface area contributed by atoms with E-state index in [1.165, 1.54) is 6.08 Å². The Morgan fingerprint density at radius 1 is 1.00 bits per heavy atom. The maximum Gasteiger partial charge on any atom is 0.338 e. The lowest BCUT2D eigenvalue weighted by atomic mass is 10.1. The van der Waals surface area contributed by atoms with Gasteiger partial charge in [-0.3, -0.25) is 9.78 Å². The number of aromatic nitrogens is 1. The van der Waals surface area contributed by atoms with Crippen molar-refractivity contribution in [3.05, 3.63) is 101 Å². The van der Waals surface area contributed by atoms with Crippen molar-refractivity contribution in [1.29, 1.82) is 0 Å². The lowest BCUT2D eigenvalue weighted by Gasteiger charge is -2.22. The van der Waals surface area contributed by atoms with E-state index >= 15 is 0 Å². The first-order chi connectivity index (χ1) is 14.6. The van der Waals surface area contributed by atoms with Crippen molar-refractivity contribution < 1.29 is 14.3 Å². The van der Waals surface area contributed by atoms with Crippen LogP contribution in [0.25, 0.3) is 6.08 Å². The average molecular weight is 421 g/mol. The molecule has 0 radical (unpaired) electrons. The maximum atomic E-state index is 13.0. The molecule has 6 heteroatoms. The molecule has 0 spiro atoms. The number of rotatable bonds is 7. The number of amides is 1. The molecule has 1 aromatic heterocycles. The first kappa shape index (κ1) is 21.3. The standard InChI is InChI=1S/C24H21ClN2O3/c1-2-30-24(29)20-6-10-22(11-7-20)27(17-19-13-15-26-16-14-19)23(28)12-5-18-3-8-21(25)9-4-18/h3-16H,2,17H2,1H3/b12-5+. The number of hydrogen-bond donors (Lipinski definition) is 0. The molecule has 0 bridgehead atoms. The van der Waals surface area contributed by atoms with Crippen LogP contribution in [0.15, 0.2) is 79.1 Å². The van der Waals surface area contributed by atoms with Crippen molar-refractivity contribution in [2.45, 2.75) is 13.5 Å². The van der Waals surface area contributed by atoms with Crippen molar-refractivity contribution >= 4 is 35.2 Å². The molecule has 5 nitrogen and oxygen atoms in total. The number of carbonyl (C=O) groups is 2. The third-order valence-electron chi connectivity index (χ3n) is 4.33. The lowest BCUT2D eigenvalue weighted by Crippen LogP contribution is -2.28. The van der Waals surface area contributed by atoms with E-state index < -0.39 is 5.97 Å². The van der Waals surface area contributed by atoms with Crippen LogP contribution in [0.4, 0.5) is 5.69 Å². The van der Waals surface area contributed by atoms with Crippen LogP contribution >= 0.6 is 11.6 Å². The highest BCUT2D eigenvalue weighted by atomic mass is 35.5. The fraction of sp³-hybridized carbons (Fsp3) is 0.125. The Kier molecular flexibility index (Phi) is 7.35. The summed E-state index contributed by atoms with van der Waals surface area (Å²) in [5, 5.41) is 0.638.